The van der Waals surface area contributed by atoms with Crippen molar-refractivity contribution in [3.63, 3.8) is 0 Å². The Kier molecular flexibility index (Phi) is 3.66. The fraction of sp³-hybridized carbons (Fsp3) is 0.400. The highest BCUT2D eigenvalue weighted by Gasteiger charge is 2.23. The number of halogens is 1. The van der Waals surface area contributed by atoms with E-state index in [9.17, 15) is 10.1 Å². The van der Waals surface area contributed by atoms with Crippen LogP contribution in [-0.4, -0.2) is 4.92 Å². The number of hydrogen-bond acceptors (Lipinski definition) is 3. The van der Waals surface area contributed by atoms with Crippen molar-refractivity contribution in [1.29, 1.82) is 0 Å². The first-order chi connectivity index (χ1) is 6.70. The van der Waals surface area contributed by atoms with Gasteiger partial charge in [0.05, 0.1) is 4.92 Å². The molecule has 0 unspecified atom stereocenters. The lowest BCUT2D eigenvalue weighted by molar-refractivity contribution is -0.385. The number of nitrogens with zero attached hydrogens (tertiary/aromatic N) is 1. The molecule has 2 N–H and O–H groups in total. The van der Waals surface area contributed by atoms with Crippen molar-refractivity contribution < 1.29 is 4.92 Å². The number of nitro groups is 1. The molecule has 5 heteroatoms. The second-order valence-electron chi connectivity index (χ2n) is 3.60. The van der Waals surface area contributed by atoms with Gasteiger partial charge in [-0.3, -0.25) is 10.1 Å². The van der Waals surface area contributed by atoms with Gasteiger partial charge in [0.15, 0.2) is 0 Å². The first-order valence-corrected chi connectivity index (χ1v) is 4.72. The lowest BCUT2D eigenvalue weighted by atomic mass is 9.87. The van der Waals surface area contributed by atoms with E-state index >= 15 is 0 Å². The molecule has 1 aliphatic carbocycles. The van der Waals surface area contributed by atoms with Gasteiger partial charge in [0.2, 0.25) is 0 Å². The third kappa shape index (κ3) is 2.11. The smallest absolute Gasteiger partial charge is 0.272 e. The molecule has 15 heavy (non-hydrogen) atoms. The predicted molar refractivity (Wildman–Crippen MR) is 60.2 cm³/mol. The van der Waals surface area contributed by atoms with Crippen LogP contribution in [0.25, 0.3) is 0 Å². The van der Waals surface area contributed by atoms with Crippen molar-refractivity contribution in [1.82, 2.24) is 0 Å². The summed E-state index contributed by atoms with van der Waals surface area (Å²) in [6.45, 7) is 0. The molecule has 0 aromatic heterocycles. The highest BCUT2D eigenvalue weighted by atomic mass is 35.5. The molecule has 0 heterocycles. The van der Waals surface area contributed by atoms with Crippen LogP contribution in [0.5, 0.6) is 0 Å². The number of fused-ring (bicyclic) bond motifs is 1. The molecular formula is C10H13ClN2O2. The second kappa shape index (κ2) is 4.59. The summed E-state index contributed by atoms with van der Waals surface area (Å²) in [5.41, 5.74) is 7.89. The Balaban J connectivity index is 0.00000112. The van der Waals surface area contributed by atoms with E-state index in [1.807, 2.05) is 6.07 Å². The van der Waals surface area contributed by atoms with Crippen LogP contribution in [0.1, 0.15) is 30.0 Å². The fourth-order valence-electron chi connectivity index (χ4n) is 2.04. The minimum atomic E-state index is -0.323. The normalized spacial score (nSPS) is 18.9. The third-order valence-electron chi connectivity index (χ3n) is 2.73. The van der Waals surface area contributed by atoms with E-state index in [1.165, 1.54) is 0 Å². The van der Waals surface area contributed by atoms with Gasteiger partial charge in [-0.05, 0) is 24.8 Å². The summed E-state index contributed by atoms with van der Waals surface area (Å²) in [6, 6.07) is 5.13. The van der Waals surface area contributed by atoms with Crippen molar-refractivity contribution in [2.24, 2.45) is 5.73 Å². The van der Waals surface area contributed by atoms with Gasteiger partial charge in [0, 0.05) is 17.7 Å². The molecule has 1 atom stereocenters. The van der Waals surface area contributed by atoms with Gasteiger partial charge in [-0.25, -0.2) is 0 Å². The number of rotatable bonds is 1. The van der Waals surface area contributed by atoms with E-state index in [1.54, 1.807) is 12.1 Å². The molecule has 0 fully saturated rings. The van der Waals surface area contributed by atoms with Crippen LogP contribution in [0.15, 0.2) is 18.2 Å². The number of nitrogens with two attached hydrogens (primary N) is 1. The van der Waals surface area contributed by atoms with Crippen molar-refractivity contribution in [2.45, 2.75) is 25.3 Å². The zero-order valence-electron chi connectivity index (χ0n) is 8.18. The number of nitro benzene ring substituents is 1. The summed E-state index contributed by atoms with van der Waals surface area (Å²) in [5.74, 6) is 0. The summed E-state index contributed by atoms with van der Waals surface area (Å²) in [6.07, 6.45) is 2.65. The van der Waals surface area contributed by atoms with E-state index in [4.69, 9.17) is 5.73 Å². The lowest BCUT2D eigenvalue weighted by Gasteiger charge is -2.21. The summed E-state index contributed by atoms with van der Waals surface area (Å²) < 4.78 is 0. The van der Waals surface area contributed by atoms with Gasteiger partial charge >= 0.3 is 0 Å². The Morgan fingerprint density at radius 3 is 2.87 bits per heavy atom. The van der Waals surface area contributed by atoms with Gasteiger partial charge in [0.25, 0.3) is 5.69 Å². The average Bonchev–Trinajstić information content (AvgIpc) is 2.17. The van der Waals surface area contributed by atoms with Gasteiger partial charge in [0.1, 0.15) is 0 Å². The lowest BCUT2D eigenvalue weighted by Crippen LogP contribution is -2.18. The third-order valence-corrected chi connectivity index (χ3v) is 2.73. The molecule has 1 aliphatic rings. The minimum Gasteiger partial charge on any atom is -0.324 e. The van der Waals surface area contributed by atoms with Crippen LogP contribution in [0.4, 0.5) is 5.69 Å². The minimum absolute atomic E-state index is 0. The Hall–Kier alpha value is -1.13. The van der Waals surface area contributed by atoms with Gasteiger partial charge in [-0.1, -0.05) is 12.1 Å². The van der Waals surface area contributed by atoms with Gasteiger partial charge < -0.3 is 5.73 Å². The largest absolute Gasteiger partial charge is 0.324 e. The second-order valence-corrected chi connectivity index (χ2v) is 3.60. The fourth-order valence-corrected chi connectivity index (χ4v) is 2.04. The molecular weight excluding hydrogens is 216 g/mol. The van der Waals surface area contributed by atoms with E-state index < -0.39 is 0 Å². The van der Waals surface area contributed by atoms with Crippen LogP contribution in [-0.2, 0) is 6.42 Å². The van der Waals surface area contributed by atoms with Crippen LogP contribution in [0.3, 0.4) is 0 Å². The summed E-state index contributed by atoms with van der Waals surface area (Å²) in [4.78, 5) is 10.4. The van der Waals surface area contributed by atoms with E-state index in [0.717, 1.165) is 30.4 Å². The molecule has 0 spiro atoms. The monoisotopic (exact) mass is 228 g/mol. The average molecular weight is 229 g/mol. The quantitative estimate of drug-likeness (QED) is 0.593. The molecule has 0 saturated carbocycles. The zero-order chi connectivity index (χ0) is 10.1. The van der Waals surface area contributed by atoms with Crippen molar-refractivity contribution in [2.75, 3.05) is 0 Å². The summed E-state index contributed by atoms with van der Waals surface area (Å²) in [7, 11) is 0. The van der Waals surface area contributed by atoms with Crippen molar-refractivity contribution >= 4 is 18.1 Å². The Labute approximate surface area is 94.0 Å². The summed E-state index contributed by atoms with van der Waals surface area (Å²) in [5, 5.41) is 10.7. The van der Waals surface area contributed by atoms with E-state index in [2.05, 4.69) is 0 Å². The molecule has 0 radical (unpaired) electrons. The maximum absolute atomic E-state index is 10.7. The molecule has 0 saturated heterocycles. The maximum atomic E-state index is 10.7. The molecule has 0 amide bonds. The molecule has 2 rings (SSSR count). The van der Waals surface area contributed by atoms with Gasteiger partial charge in [-0.2, -0.15) is 0 Å². The van der Waals surface area contributed by atoms with Crippen molar-refractivity contribution in [3.05, 3.63) is 39.4 Å². The Morgan fingerprint density at radius 1 is 1.47 bits per heavy atom. The number of hydrogen-bond donors (Lipinski definition) is 1. The topological polar surface area (TPSA) is 69.2 Å². The zero-order valence-corrected chi connectivity index (χ0v) is 9.00. The number of benzene rings is 1. The highest BCUT2D eigenvalue weighted by molar-refractivity contribution is 5.85. The van der Waals surface area contributed by atoms with Gasteiger partial charge in [-0.15, -0.1) is 12.4 Å². The van der Waals surface area contributed by atoms with Crippen LogP contribution in [0, 0.1) is 10.1 Å². The Morgan fingerprint density at radius 2 is 2.20 bits per heavy atom. The van der Waals surface area contributed by atoms with Crippen molar-refractivity contribution in [3.8, 4) is 0 Å². The first-order valence-electron chi connectivity index (χ1n) is 4.72. The highest BCUT2D eigenvalue weighted by Crippen LogP contribution is 2.33. The van der Waals surface area contributed by atoms with E-state index in [0.29, 0.717) is 0 Å². The van der Waals surface area contributed by atoms with Crippen LogP contribution in [0.2, 0.25) is 0 Å². The first kappa shape index (κ1) is 11.9. The van der Waals surface area contributed by atoms with Crippen LogP contribution >= 0.6 is 12.4 Å². The summed E-state index contributed by atoms with van der Waals surface area (Å²) >= 11 is 0. The molecule has 1 aromatic rings. The van der Waals surface area contributed by atoms with E-state index in [-0.39, 0.29) is 29.1 Å². The standard InChI is InChI=1S/C10H12N2O2.ClH/c11-9-5-1-4-8-7(9)3-2-6-10(8)12(13)14;/h2-3,6,9H,1,4-5,11H2;1H/t9-;/m0./s1. The Bertz CT molecular complexity index is 382. The molecule has 82 valence electrons. The predicted octanol–water partition coefficient (Wildman–Crippen LogP) is 2.35. The maximum Gasteiger partial charge on any atom is 0.272 e. The van der Waals surface area contributed by atoms with Crippen LogP contribution < -0.4 is 5.73 Å². The molecule has 0 aliphatic heterocycles. The SMILES string of the molecule is Cl.N[C@H]1CCCc2c1cccc2[N+](=O)[O-]. The molecule has 0 bridgehead atoms. The molecule has 1 aromatic carbocycles. The molecule has 4 nitrogen and oxygen atoms in total.